The minimum absolute atomic E-state index is 0.0815. The van der Waals surface area contributed by atoms with Crippen molar-refractivity contribution < 1.29 is 9.59 Å². The van der Waals surface area contributed by atoms with Gasteiger partial charge in [-0.2, -0.15) is 0 Å². The lowest BCUT2D eigenvalue weighted by molar-refractivity contribution is -0.117. The smallest absolute Gasteiger partial charge is 0.270 e. The van der Waals surface area contributed by atoms with Gasteiger partial charge in [0.1, 0.15) is 28.5 Å². The van der Waals surface area contributed by atoms with Gasteiger partial charge in [0, 0.05) is 7.05 Å². The number of anilines is 2. The van der Waals surface area contributed by atoms with Gasteiger partial charge < -0.3 is 21.3 Å². The summed E-state index contributed by atoms with van der Waals surface area (Å²) >= 11 is 12.4. The molecule has 1 saturated heterocycles. The zero-order valence-corrected chi connectivity index (χ0v) is 16.3. The van der Waals surface area contributed by atoms with Gasteiger partial charge in [-0.25, -0.2) is 9.97 Å². The largest absolute Gasteiger partial charge is 0.382 e. The van der Waals surface area contributed by atoms with E-state index in [1.54, 1.807) is 0 Å². The van der Waals surface area contributed by atoms with Crippen LogP contribution in [0.2, 0.25) is 5.02 Å². The molecular weight excluding hydrogens is 391 g/mol. The Morgan fingerprint density at radius 3 is 2.74 bits per heavy atom. The van der Waals surface area contributed by atoms with Crippen molar-refractivity contribution in [3.05, 3.63) is 33.9 Å². The van der Waals surface area contributed by atoms with Gasteiger partial charge in [-0.15, -0.1) is 0 Å². The summed E-state index contributed by atoms with van der Waals surface area (Å²) in [6.07, 6.45) is 8.11. The minimum Gasteiger partial charge on any atom is -0.382 e. The summed E-state index contributed by atoms with van der Waals surface area (Å²) in [7, 11) is 1.84. The topological polar surface area (TPSA) is 113 Å². The van der Waals surface area contributed by atoms with E-state index in [4.69, 9.17) is 28.9 Å². The third-order valence-corrected chi connectivity index (χ3v) is 5.59. The van der Waals surface area contributed by atoms with E-state index in [-0.39, 0.29) is 33.3 Å². The van der Waals surface area contributed by atoms with Crippen LogP contribution in [0.15, 0.2) is 28.8 Å². The highest BCUT2D eigenvalue weighted by atomic mass is 35.5. The maximum atomic E-state index is 12.5. The first-order valence-electron chi connectivity index (χ1n) is 8.54. The summed E-state index contributed by atoms with van der Waals surface area (Å²) in [5.74, 6) is -0.00168. The molecule has 2 heterocycles. The number of carbonyl (C=O) groups excluding carboxylic acids is 2. The van der Waals surface area contributed by atoms with E-state index in [2.05, 4.69) is 20.6 Å². The Morgan fingerprint density at radius 2 is 2.07 bits per heavy atom. The van der Waals surface area contributed by atoms with Crippen LogP contribution >= 0.6 is 23.2 Å². The van der Waals surface area contributed by atoms with Gasteiger partial charge in [-0.05, 0) is 31.8 Å². The Balaban J connectivity index is 1.90. The number of hydrogen-bond donors (Lipinski definition) is 3. The van der Waals surface area contributed by atoms with Gasteiger partial charge >= 0.3 is 0 Å². The van der Waals surface area contributed by atoms with E-state index < -0.39 is 5.66 Å². The number of amides is 1. The quantitative estimate of drug-likeness (QED) is 0.515. The molecule has 0 aromatic carbocycles. The zero-order valence-electron chi connectivity index (χ0n) is 14.8. The van der Waals surface area contributed by atoms with Gasteiger partial charge in [0.05, 0.1) is 10.7 Å². The number of nitrogens with two attached hydrogens (primary N) is 1. The van der Waals surface area contributed by atoms with Gasteiger partial charge in [0.25, 0.3) is 5.91 Å². The third kappa shape index (κ3) is 3.72. The molecule has 0 unspecified atom stereocenters. The lowest BCUT2D eigenvalue weighted by Gasteiger charge is -2.39. The van der Waals surface area contributed by atoms with E-state index in [1.807, 2.05) is 11.9 Å². The average molecular weight is 411 g/mol. The van der Waals surface area contributed by atoms with E-state index in [9.17, 15) is 9.59 Å². The molecule has 1 spiro atoms. The van der Waals surface area contributed by atoms with Crippen LogP contribution in [0.3, 0.4) is 0 Å². The molecule has 1 aliphatic carbocycles. The van der Waals surface area contributed by atoms with Crippen molar-refractivity contribution in [2.24, 2.45) is 0 Å². The third-order valence-electron chi connectivity index (χ3n) is 4.93. The van der Waals surface area contributed by atoms with Crippen molar-refractivity contribution in [1.82, 2.24) is 20.2 Å². The number of carbonyl (C=O) groups is 2. The predicted molar refractivity (Wildman–Crippen MR) is 104 cm³/mol. The maximum Gasteiger partial charge on any atom is 0.270 e. The Morgan fingerprint density at radius 1 is 1.37 bits per heavy atom. The first-order chi connectivity index (χ1) is 12.9. The molecule has 27 heavy (non-hydrogen) atoms. The van der Waals surface area contributed by atoms with Crippen molar-refractivity contribution in [2.45, 2.75) is 37.8 Å². The van der Waals surface area contributed by atoms with Crippen molar-refractivity contribution in [3.8, 4) is 0 Å². The summed E-state index contributed by atoms with van der Waals surface area (Å²) in [5.41, 5.74) is 5.63. The van der Waals surface area contributed by atoms with Gasteiger partial charge in [0.2, 0.25) is 0 Å². The minimum atomic E-state index is -0.405. The fraction of sp³-hybridized carbons (Fsp3) is 0.412. The number of nitrogens with zero attached hydrogens (tertiary/aromatic N) is 3. The van der Waals surface area contributed by atoms with Crippen molar-refractivity contribution >= 4 is 47.0 Å². The number of aldehydes is 1. The molecule has 0 atom stereocenters. The summed E-state index contributed by atoms with van der Waals surface area (Å²) in [5, 5.41) is 6.04. The fourth-order valence-corrected chi connectivity index (χ4v) is 3.97. The highest BCUT2D eigenvalue weighted by Gasteiger charge is 2.46. The summed E-state index contributed by atoms with van der Waals surface area (Å²) in [6, 6.07) is 0. The van der Waals surface area contributed by atoms with Crippen LogP contribution in [-0.2, 0) is 9.59 Å². The second kappa shape index (κ2) is 7.74. The fourth-order valence-electron chi connectivity index (χ4n) is 3.50. The molecule has 2 fully saturated rings. The summed E-state index contributed by atoms with van der Waals surface area (Å²) in [6.45, 7) is 0. The monoisotopic (exact) mass is 410 g/mol. The number of aromatic nitrogens is 2. The Kier molecular flexibility index (Phi) is 5.57. The predicted octanol–water partition coefficient (Wildman–Crippen LogP) is 2.38. The SMILES string of the molecule is CN1/C(=C(Cl)\C=C(/C=O)Nc2ncnc(N)c2Cl)C(=O)NC12CCCCC2. The molecule has 1 aliphatic heterocycles. The maximum absolute atomic E-state index is 12.5. The molecular formula is C17H20Cl2N6O2. The molecule has 8 nitrogen and oxygen atoms in total. The standard InChI is InChI=1S/C17H20Cl2N6O2/c1-25-13(16(27)24-17(25)5-3-2-4-6-17)11(18)7-10(8-26)23-15-12(19)14(20)21-9-22-15/h7-9H,2-6H2,1H3,(H,24,27)(H3,20,21,22,23)/b10-7+,13-11+. The molecule has 4 N–H and O–H groups in total. The van der Waals surface area contributed by atoms with Crippen LogP contribution in [0.4, 0.5) is 11.6 Å². The molecule has 3 rings (SSSR count). The Bertz CT molecular complexity index is 833. The van der Waals surface area contributed by atoms with E-state index in [0.717, 1.165) is 32.1 Å². The van der Waals surface area contributed by atoms with Crippen LogP contribution in [0, 0.1) is 0 Å². The van der Waals surface area contributed by atoms with E-state index in [0.29, 0.717) is 12.0 Å². The normalized spacial score (nSPS) is 21.2. The van der Waals surface area contributed by atoms with Crippen LogP contribution in [0.1, 0.15) is 32.1 Å². The van der Waals surface area contributed by atoms with Gasteiger partial charge in [0.15, 0.2) is 12.1 Å². The van der Waals surface area contributed by atoms with Crippen LogP contribution < -0.4 is 16.4 Å². The first-order valence-corrected chi connectivity index (χ1v) is 9.29. The number of likely N-dealkylation sites (N-methyl/N-ethyl adjacent to an activating group) is 1. The molecule has 1 aromatic rings. The number of halogens is 2. The van der Waals surface area contributed by atoms with Crippen LogP contribution in [0.5, 0.6) is 0 Å². The number of allylic oxidation sites excluding steroid dienone is 3. The van der Waals surface area contributed by atoms with Crippen molar-refractivity contribution in [3.63, 3.8) is 0 Å². The number of nitrogens with one attached hydrogen (secondary N) is 2. The lowest BCUT2D eigenvalue weighted by atomic mass is 9.89. The first kappa shape index (κ1) is 19.4. The van der Waals surface area contributed by atoms with Crippen LogP contribution in [-0.4, -0.2) is 39.8 Å². The molecule has 144 valence electrons. The highest BCUT2D eigenvalue weighted by Crippen LogP contribution is 2.38. The lowest BCUT2D eigenvalue weighted by Crippen LogP contribution is -2.51. The Hall–Kier alpha value is -2.32. The molecule has 0 radical (unpaired) electrons. The molecule has 1 amide bonds. The summed E-state index contributed by atoms with van der Waals surface area (Å²) in [4.78, 5) is 33.6. The van der Waals surface area contributed by atoms with E-state index >= 15 is 0 Å². The van der Waals surface area contributed by atoms with Gasteiger partial charge in [-0.1, -0.05) is 29.6 Å². The number of hydrogen-bond acceptors (Lipinski definition) is 7. The second-order valence-electron chi connectivity index (χ2n) is 6.57. The Labute approximate surface area is 166 Å². The second-order valence-corrected chi connectivity index (χ2v) is 7.35. The van der Waals surface area contributed by atoms with Crippen molar-refractivity contribution in [1.29, 1.82) is 0 Å². The highest BCUT2D eigenvalue weighted by molar-refractivity contribution is 6.35. The average Bonchev–Trinajstić information content (AvgIpc) is 2.88. The molecule has 1 aromatic heterocycles. The van der Waals surface area contributed by atoms with Crippen LogP contribution in [0.25, 0.3) is 0 Å². The molecule has 2 aliphatic rings. The van der Waals surface area contributed by atoms with Crippen molar-refractivity contribution in [2.75, 3.05) is 18.1 Å². The molecule has 10 heteroatoms. The number of nitrogen functional groups attached to an aromatic ring is 1. The van der Waals surface area contributed by atoms with E-state index in [1.165, 1.54) is 12.4 Å². The number of rotatable bonds is 4. The molecule has 0 bridgehead atoms. The van der Waals surface area contributed by atoms with Gasteiger partial charge in [-0.3, -0.25) is 9.59 Å². The zero-order chi connectivity index (χ0) is 19.6. The summed E-state index contributed by atoms with van der Waals surface area (Å²) < 4.78 is 0. The molecule has 1 saturated carbocycles.